The van der Waals surface area contributed by atoms with Gasteiger partial charge >= 0.3 is 0 Å². The van der Waals surface area contributed by atoms with Gasteiger partial charge in [-0.1, -0.05) is 29.8 Å². The zero-order valence-electron chi connectivity index (χ0n) is 10.9. The number of Topliss-reactive ketones (excluding diaryl/α,β-unsaturated/α-hetero) is 1. The molecule has 98 valence electrons. The molecule has 3 heteroatoms. The summed E-state index contributed by atoms with van der Waals surface area (Å²) >= 11 is 0. The fourth-order valence-corrected chi connectivity index (χ4v) is 2.13. The van der Waals surface area contributed by atoms with E-state index < -0.39 is 0 Å². The molecule has 2 rings (SSSR count). The van der Waals surface area contributed by atoms with Crippen LogP contribution in [0.2, 0.25) is 0 Å². The van der Waals surface area contributed by atoms with Crippen molar-refractivity contribution in [1.82, 2.24) is 5.32 Å². The maximum absolute atomic E-state index is 11.9. The molecule has 0 saturated carbocycles. The topological polar surface area (TPSA) is 38.3 Å². The van der Waals surface area contributed by atoms with Crippen LogP contribution in [0.25, 0.3) is 0 Å². The van der Waals surface area contributed by atoms with E-state index in [1.807, 2.05) is 31.2 Å². The number of benzene rings is 1. The molecule has 1 unspecified atom stereocenters. The molecule has 1 aliphatic heterocycles. The second kappa shape index (κ2) is 6.66. The lowest BCUT2D eigenvalue weighted by atomic mass is 10.1. The first-order chi connectivity index (χ1) is 8.75. The van der Waals surface area contributed by atoms with Gasteiger partial charge in [0, 0.05) is 25.1 Å². The highest BCUT2D eigenvalue weighted by atomic mass is 16.5. The maximum atomic E-state index is 11.9. The summed E-state index contributed by atoms with van der Waals surface area (Å²) in [6.45, 7) is 3.55. The van der Waals surface area contributed by atoms with Crippen molar-refractivity contribution in [3.63, 3.8) is 0 Å². The van der Waals surface area contributed by atoms with Crippen LogP contribution in [0.4, 0.5) is 0 Å². The number of nitrogens with one attached hydrogen (secondary N) is 1. The molecule has 1 N–H and O–H groups in total. The van der Waals surface area contributed by atoms with Crippen LogP contribution >= 0.6 is 0 Å². The number of hydrogen-bond acceptors (Lipinski definition) is 3. The van der Waals surface area contributed by atoms with Crippen LogP contribution < -0.4 is 5.32 Å². The molecule has 0 spiro atoms. The Kier molecular flexibility index (Phi) is 4.90. The lowest BCUT2D eigenvalue weighted by Crippen LogP contribution is -2.35. The predicted molar refractivity (Wildman–Crippen MR) is 71.7 cm³/mol. The smallest absolute Gasteiger partial charge is 0.164 e. The molecule has 0 radical (unpaired) electrons. The van der Waals surface area contributed by atoms with Gasteiger partial charge in [-0.05, 0) is 26.2 Å². The largest absolute Gasteiger partial charge is 0.363 e. The molecule has 0 bridgehead atoms. The zero-order chi connectivity index (χ0) is 12.8. The van der Waals surface area contributed by atoms with Crippen molar-refractivity contribution < 1.29 is 9.53 Å². The molecule has 18 heavy (non-hydrogen) atoms. The van der Waals surface area contributed by atoms with Crippen LogP contribution in [0.3, 0.4) is 0 Å². The van der Waals surface area contributed by atoms with Crippen molar-refractivity contribution >= 4 is 5.78 Å². The summed E-state index contributed by atoms with van der Waals surface area (Å²) in [5.74, 6) is 0.193. The van der Waals surface area contributed by atoms with Gasteiger partial charge in [0.15, 0.2) is 5.78 Å². The Labute approximate surface area is 109 Å². The minimum atomic E-state index is 0.143. The summed E-state index contributed by atoms with van der Waals surface area (Å²) in [4.78, 5) is 11.9. The van der Waals surface area contributed by atoms with Crippen molar-refractivity contribution in [3.8, 4) is 0 Å². The van der Waals surface area contributed by atoms with E-state index in [9.17, 15) is 4.79 Å². The van der Waals surface area contributed by atoms with E-state index in [0.717, 1.165) is 25.0 Å². The third kappa shape index (κ3) is 3.93. The highest BCUT2D eigenvalue weighted by Crippen LogP contribution is 2.10. The first-order valence-electron chi connectivity index (χ1n) is 6.70. The fraction of sp³-hybridized carbons (Fsp3) is 0.533. The predicted octanol–water partition coefficient (Wildman–Crippen LogP) is 2.68. The molecule has 1 saturated heterocycles. The Bertz CT molecular complexity index is 380. The molecule has 0 aliphatic carbocycles. The fourth-order valence-electron chi connectivity index (χ4n) is 2.13. The average molecular weight is 247 g/mol. The molecule has 1 aromatic rings. The quantitative estimate of drug-likeness (QED) is 0.813. The van der Waals surface area contributed by atoms with E-state index in [4.69, 9.17) is 4.74 Å². The van der Waals surface area contributed by atoms with Gasteiger partial charge < -0.3 is 4.74 Å². The minimum Gasteiger partial charge on any atom is -0.363 e. The summed E-state index contributed by atoms with van der Waals surface area (Å²) in [6.07, 6.45) is 4.09. The maximum Gasteiger partial charge on any atom is 0.164 e. The van der Waals surface area contributed by atoms with E-state index in [1.165, 1.54) is 12.0 Å². The Balaban J connectivity index is 1.72. The van der Waals surface area contributed by atoms with Gasteiger partial charge in [0.25, 0.3) is 0 Å². The first-order valence-corrected chi connectivity index (χ1v) is 6.70. The normalized spacial score (nSPS) is 19.7. The van der Waals surface area contributed by atoms with E-state index >= 15 is 0 Å². The monoisotopic (exact) mass is 247 g/mol. The molecule has 3 nitrogen and oxygen atoms in total. The van der Waals surface area contributed by atoms with Gasteiger partial charge in [-0.25, -0.2) is 0 Å². The highest BCUT2D eigenvalue weighted by molar-refractivity contribution is 5.96. The molecule has 1 heterocycles. The molecule has 1 fully saturated rings. The second-order valence-electron chi connectivity index (χ2n) is 4.85. The zero-order valence-corrected chi connectivity index (χ0v) is 10.9. The van der Waals surface area contributed by atoms with Crippen LogP contribution in [-0.4, -0.2) is 25.2 Å². The molecule has 0 amide bonds. The number of ketones is 1. The molecular weight excluding hydrogens is 226 g/mol. The highest BCUT2D eigenvalue weighted by Gasteiger charge is 2.13. The Morgan fingerprint density at radius 1 is 1.33 bits per heavy atom. The van der Waals surface area contributed by atoms with Gasteiger partial charge in [-0.3, -0.25) is 10.1 Å². The molecule has 1 aromatic carbocycles. The van der Waals surface area contributed by atoms with E-state index in [0.29, 0.717) is 13.0 Å². The standard InChI is InChI=1S/C15H21NO2/c1-12-5-7-13(8-6-12)14(17)9-10-16-15-4-2-3-11-18-15/h5-8,15-16H,2-4,9-11H2,1H3. The van der Waals surface area contributed by atoms with Crippen LogP contribution in [0, 0.1) is 6.92 Å². The first kappa shape index (κ1) is 13.2. The molecule has 0 aromatic heterocycles. The Morgan fingerprint density at radius 3 is 2.78 bits per heavy atom. The summed E-state index contributed by atoms with van der Waals surface area (Å²) < 4.78 is 5.56. The van der Waals surface area contributed by atoms with E-state index in [1.54, 1.807) is 0 Å². The van der Waals surface area contributed by atoms with Crippen molar-refractivity contribution in [2.24, 2.45) is 0 Å². The lowest BCUT2D eigenvalue weighted by molar-refractivity contribution is -0.00482. The number of carbonyl (C=O) groups excluding carboxylic acids is 1. The minimum absolute atomic E-state index is 0.143. The molecular formula is C15H21NO2. The lowest BCUT2D eigenvalue weighted by Gasteiger charge is -2.23. The van der Waals surface area contributed by atoms with Crippen LogP contribution in [0.1, 0.15) is 41.6 Å². The summed E-state index contributed by atoms with van der Waals surface area (Å²) in [6, 6.07) is 7.75. The average Bonchev–Trinajstić information content (AvgIpc) is 2.40. The van der Waals surface area contributed by atoms with Crippen molar-refractivity contribution in [3.05, 3.63) is 35.4 Å². The van der Waals surface area contributed by atoms with E-state index in [-0.39, 0.29) is 12.0 Å². The van der Waals surface area contributed by atoms with Crippen LogP contribution in [0.15, 0.2) is 24.3 Å². The molecule has 1 atom stereocenters. The van der Waals surface area contributed by atoms with Gasteiger partial charge in [0.1, 0.15) is 6.23 Å². The number of rotatable bonds is 5. The van der Waals surface area contributed by atoms with Gasteiger partial charge in [0.05, 0.1) is 0 Å². The van der Waals surface area contributed by atoms with Crippen LogP contribution in [0.5, 0.6) is 0 Å². The van der Waals surface area contributed by atoms with E-state index in [2.05, 4.69) is 5.32 Å². The van der Waals surface area contributed by atoms with Gasteiger partial charge in [0.2, 0.25) is 0 Å². The third-order valence-electron chi connectivity index (χ3n) is 3.28. The Hall–Kier alpha value is -1.19. The molecule has 1 aliphatic rings. The van der Waals surface area contributed by atoms with Crippen molar-refractivity contribution in [2.45, 2.75) is 38.8 Å². The van der Waals surface area contributed by atoms with Gasteiger partial charge in [-0.2, -0.15) is 0 Å². The number of aryl methyl sites for hydroxylation is 1. The second-order valence-corrected chi connectivity index (χ2v) is 4.85. The number of carbonyl (C=O) groups is 1. The summed E-state index contributed by atoms with van der Waals surface area (Å²) in [5, 5.41) is 3.29. The summed E-state index contributed by atoms with van der Waals surface area (Å²) in [7, 11) is 0. The van der Waals surface area contributed by atoms with Crippen molar-refractivity contribution in [2.75, 3.05) is 13.2 Å². The number of ether oxygens (including phenoxy) is 1. The van der Waals surface area contributed by atoms with Crippen LogP contribution in [-0.2, 0) is 4.74 Å². The number of hydrogen-bond donors (Lipinski definition) is 1. The third-order valence-corrected chi connectivity index (χ3v) is 3.28. The summed E-state index contributed by atoms with van der Waals surface area (Å²) in [5.41, 5.74) is 1.98. The van der Waals surface area contributed by atoms with Gasteiger partial charge in [-0.15, -0.1) is 0 Å². The SMILES string of the molecule is Cc1ccc(C(=O)CCNC2CCCCO2)cc1. The Morgan fingerprint density at radius 2 is 2.11 bits per heavy atom. The van der Waals surface area contributed by atoms with Crippen molar-refractivity contribution in [1.29, 1.82) is 0 Å².